The first-order valence-electron chi connectivity index (χ1n) is 12.1. The van der Waals surface area contributed by atoms with Crippen molar-refractivity contribution in [1.29, 1.82) is 0 Å². The van der Waals surface area contributed by atoms with Gasteiger partial charge in [-0.1, -0.05) is 62.4 Å². The number of nitrogens with one attached hydrogen (secondary N) is 1. The Bertz CT molecular complexity index is 865. The highest BCUT2D eigenvalue weighted by molar-refractivity contribution is 5.76. The highest BCUT2D eigenvalue weighted by Crippen LogP contribution is 2.31. The Balaban J connectivity index is 1.37. The van der Waals surface area contributed by atoms with Gasteiger partial charge in [-0.2, -0.15) is 0 Å². The van der Waals surface area contributed by atoms with Gasteiger partial charge in [-0.05, 0) is 53.4 Å². The fraction of sp³-hybridized carbons (Fsp3) is 0.519. The van der Waals surface area contributed by atoms with Gasteiger partial charge < -0.3 is 10.4 Å². The third-order valence-electron chi connectivity index (χ3n) is 7.00. The summed E-state index contributed by atoms with van der Waals surface area (Å²) in [6.07, 6.45) is 3.09. The number of rotatable bonds is 7. The van der Waals surface area contributed by atoms with Crippen LogP contribution in [-0.4, -0.2) is 60.4 Å². The van der Waals surface area contributed by atoms with Crippen LogP contribution in [0.2, 0.25) is 0 Å². The molecule has 0 saturated carbocycles. The minimum Gasteiger partial charge on any atom is -0.481 e. The molecule has 5 heteroatoms. The van der Waals surface area contributed by atoms with Crippen LogP contribution in [0.4, 0.5) is 0 Å². The molecule has 2 heterocycles. The van der Waals surface area contributed by atoms with Crippen molar-refractivity contribution in [1.82, 2.24) is 15.3 Å². The molecule has 32 heavy (non-hydrogen) atoms. The van der Waals surface area contributed by atoms with Crippen molar-refractivity contribution in [3.63, 3.8) is 0 Å². The fourth-order valence-electron chi connectivity index (χ4n) is 5.12. The van der Waals surface area contributed by atoms with Gasteiger partial charge >= 0.3 is 5.97 Å². The van der Waals surface area contributed by atoms with Gasteiger partial charge in [0.05, 0.1) is 5.92 Å². The monoisotopic (exact) mass is 435 g/mol. The zero-order valence-electron chi connectivity index (χ0n) is 19.5. The molecule has 2 aliphatic heterocycles. The molecule has 5 nitrogen and oxygen atoms in total. The number of hydrogen-bond acceptors (Lipinski definition) is 4. The summed E-state index contributed by atoms with van der Waals surface area (Å²) in [6.45, 7) is 10.9. The van der Waals surface area contributed by atoms with Crippen LogP contribution in [0.15, 0.2) is 48.5 Å². The summed E-state index contributed by atoms with van der Waals surface area (Å²) in [4.78, 5) is 11.7. The lowest BCUT2D eigenvalue weighted by atomic mass is 9.88. The maximum atomic E-state index is 11.7. The molecule has 0 spiro atoms. The second-order valence-corrected chi connectivity index (χ2v) is 9.70. The van der Waals surface area contributed by atoms with Gasteiger partial charge in [-0.15, -0.1) is 0 Å². The molecule has 2 fully saturated rings. The van der Waals surface area contributed by atoms with E-state index < -0.39 is 11.9 Å². The van der Waals surface area contributed by atoms with Gasteiger partial charge in [-0.3, -0.25) is 4.79 Å². The zero-order valence-corrected chi connectivity index (χ0v) is 19.5. The predicted molar refractivity (Wildman–Crippen MR) is 130 cm³/mol. The average molecular weight is 436 g/mol. The highest BCUT2D eigenvalue weighted by Gasteiger charge is 2.25. The van der Waals surface area contributed by atoms with Crippen molar-refractivity contribution in [2.75, 3.05) is 39.3 Å². The smallest absolute Gasteiger partial charge is 0.310 e. The van der Waals surface area contributed by atoms with E-state index in [1.807, 2.05) is 12.1 Å². The van der Waals surface area contributed by atoms with E-state index in [9.17, 15) is 9.90 Å². The zero-order chi connectivity index (χ0) is 22.5. The molecule has 2 aromatic rings. The number of nitrogens with zero attached hydrogens (tertiary/aromatic N) is 2. The molecule has 2 aliphatic rings. The Labute approximate surface area is 192 Å². The lowest BCUT2D eigenvalue weighted by Gasteiger charge is -2.41. The second-order valence-electron chi connectivity index (χ2n) is 9.70. The Morgan fingerprint density at radius 3 is 1.97 bits per heavy atom. The standard InChI is InChI=1S/C27H37N3O2/c1-20(2)19-26(27(31)32)25-9-7-22(8-10-25)21-3-5-23(6-4-21)24-11-15-29(16-12-24)30-17-13-28-14-18-30/h3-10,20,24,26,28H,11-19H2,1-2H3,(H,31,32). The van der Waals surface area contributed by atoms with Gasteiger partial charge in [0.1, 0.15) is 0 Å². The van der Waals surface area contributed by atoms with Gasteiger partial charge in [0, 0.05) is 39.3 Å². The fourth-order valence-corrected chi connectivity index (χ4v) is 5.12. The number of hydrogen-bond donors (Lipinski definition) is 2. The maximum Gasteiger partial charge on any atom is 0.310 e. The number of carboxylic acid groups (broad SMARTS) is 1. The topological polar surface area (TPSA) is 55.8 Å². The second kappa shape index (κ2) is 10.6. The SMILES string of the molecule is CC(C)CC(C(=O)O)c1ccc(-c2ccc(C3CCN(N4CCNCC4)CC3)cc2)cc1. The third-order valence-corrected chi connectivity index (χ3v) is 7.00. The molecule has 1 atom stereocenters. The van der Waals surface area contributed by atoms with Crippen LogP contribution in [0.1, 0.15) is 56.1 Å². The molecule has 2 saturated heterocycles. The number of aliphatic carboxylic acids is 1. The molecule has 0 aliphatic carbocycles. The Morgan fingerprint density at radius 1 is 0.906 bits per heavy atom. The molecule has 0 radical (unpaired) electrons. The van der Waals surface area contributed by atoms with Crippen molar-refractivity contribution in [3.05, 3.63) is 59.7 Å². The molecule has 2 aromatic carbocycles. The lowest BCUT2D eigenvalue weighted by Crippen LogP contribution is -2.54. The predicted octanol–water partition coefficient (Wildman–Crippen LogP) is 4.57. The summed E-state index contributed by atoms with van der Waals surface area (Å²) in [5.41, 5.74) is 4.66. The van der Waals surface area contributed by atoms with Gasteiger partial charge in [0.25, 0.3) is 0 Å². The van der Waals surface area contributed by atoms with Crippen molar-refractivity contribution < 1.29 is 9.90 Å². The molecule has 172 valence electrons. The Kier molecular flexibility index (Phi) is 7.61. The lowest BCUT2D eigenvalue weighted by molar-refractivity contribution is -0.139. The molecule has 2 N–H and O–H groups in total. The van der Waals surface area contributed by atoms with Crippen molar-refractivity contribution in [2.24, 2.45) is 5.92 Å². The van der Waals surface area contributed by atoms with Crippen LogP contribution in [0.5, 0.6) is 0 Å². The largest absolute Gasteiger partial charge is 0.481 e. The van der Waals surface area contributed by atoms with E-state index in [0.29, 0.717) is 18.3 Å². The number of carbonyl (C=O) groups is 1. The van der Waals surface area contributed by atoms with Crippen LogP contribution < -0.4 is 5.32 Å². The summed E-state index contributed by atoms with van der Waals surface area (Å²) in [5.74, 6) is -0.178. The van der Waals surface area contributed by atoms with Crippen LogP contribution in [-0.2, 0) is 4.79 Å². The van der Waals surface area contributed by atoms with Crippen LogP contribution in [0, 0.1) is 5.92 Å². The first-order valence-corrected chi connectivity index (χ1v) is 12.1. The van der Waals surface area contributed by atoms with E-state index >= 15 is 0 Å². The summed E-state index contributed by atoms with van der Waals surface area (Å²) in [5, 5.41) is 18.1. The maximum absolute atomic E-state index is 11.7. The van der Waals surface area contributed by atoms with Crippen molar-refractivity contribution in [2.45, 2.75) is 44.9 Å². The van der Waals surface area contributed by atoms with Gasteiger partial charge in [0.15, 0.2) is 0 Å². The normalized spacial score (nSPS) is 19.8. The van der Waals surface area contributed by atoms with E-state index in [0.717, 1.165) is 50.4 Å². The van der Waals surface area contributed by atoms with Gasteiger partial charge in [0.2, 0.25) is 0 Å². The molecule has 1 unspecified atom stereocenters. The number of piperazine rings is 1. The van der Waals surface area contributed by atoms with Crippen molar-refractivity contribution in [3.8, 4) is 11.1 Å². The summed E-state index contributed by atoms with van der Waals surface area (Å²) in [6, 6.07) is 17.1. The Morgan fingerprint density at radius 2 is 1.44 bits per heavy atom. The summed E-state index contributed by atoms with van der Waals surface area (Å²) in [7, 11) is 0. The van der Waals surface area contributed by atoms with E-state index in [-0.39, 0.29) is 0 Å². The van der Waals surface area contributed by atoms with Crippen LogP contribution >= 0.6 is 0 Å². The highest BCUT2D eigenvalue weighted by atomic mass is 16.4. The van der Waals surface area contributed by atoms with Gasteiger partial charge in [-0.25, -0.2) is 10.0 Å². The Hall–Kier alpha value is -2.21. The molecule has 0 amide bonds. The summed E-state index contributed by atoms with van der Waals surface area (Å²) >= 11 is 0. The molecule has 0 bridgehead atoms. The van der Waals surface area contributed by atoms with E-state index in [1.165, 1.54) is 24.0 Å². The van der Waals surface area contributed by atoms with Crippen molar-refractivity contribution >= 4 is 5.97 Å². The number of piperidine rings is 1. The molecule has 4 rings (SSSR count). The average Bonchev–Trinajstić information content (AvgIpc) is 2.83. The van der Waals surface area contributed by atoms with E-state index in [4.69, 9.17) is 0 Å². The third kappa shape index (κ3) is 5.58. The van der Waals surface area contributed by atoms with Crippen LogP contribution in [0.3, 0.4) is 0 Å². The number of hydrazine groups is 1. The minimum atomic E-state index is -0.737. The van der Waals surface area contributed by atoms with E-state index in [2.05, 4.69) is 65.6 Å². The number of benzene rings is 2. The minimum absolute atomic E-state index is 0.354. The van der Waals surface area contributed by atoms with Crippen LogP contribution in [0.25, 0.3) is 11.1 Å². The summed E-state index contributed by atoms with van der Waals surface area (Å²) < 4.78 is 0. The molecule has 0 aromatic heterocycles. The molecular weight excluding hydrogens is 398 g/mol. The first-order chi connectivity index (χ1) is 15.5. The first kappa shape index (κ1) is 23.0. The molecular formula is C27H37N3O2. The number of carboxylic acids is 1. The quantitative estimate of drug-likeness (QED) is 0.667. The van der Waals surface area contributed by atoms with E-state index in [1.54, 1.807) is 0 Å².